The molecule has 3 atom stereocenters. The molecule has 0 aromatic heterocycles. The minimum absolute atomic E-state index is 0.0119. The molecule has 0 spiro atoms. The third kappa shape index (κ3) is 5.79. The molecule has 2 rings (SSSR count). The first-order valence-electron chi connectivity index (χ1n) is 7.75. The van der Waals surface area contributed by atoms with E-state index < -0.39 is 30.4 Å². The molecule has 0 bridgehead atoms. The van der Waals surface area contributed by atoms with Gasteiger partial charge in [-0.2, -0.15) is 0 Å². The van der Waals surface area contributed by atoms with Crippen LogP contribution in [0, 0.1) is 6.92 Å². The smallest absolute Gasteiger partial charge is 0.303 e. The van der Waals surface area contributed by atoms with Crippen molar-refractivity contribution in [1.82, 2.24) is 0 Å². The SMILES string of the molecule is CC(=O)OC[C@H]1O[C@H](OCc2ccc(C)cc2)C=C[C@@H]1OC(C)=O. The van der Waals surface area contributed by atoms with Gasteiger partial charge in [0.1, 0.15) is 18.8 Å². The summed E-state index contributed by atoms with van der Waals surface area (Å²) in [7, 11) is 0. The maximum absolute atomic E-state index is 11.2. The number of hydrogen-bond acceptors (Lipinski definition) is 6. The molecule has 0 radical (unpaired) electrons. The van der Waals surface area contributed by atoms with E-state index in [4.69, 9.17) is 18.9 Å². The second kappa shape index (κ2) is 8.61. The molecule has 130 valence electrons. The van der Waals surface area contributed by atoms with E-state index in [1.807, 2.05) is 31.2 Å². The summed E-state index contributed by atoms with van der Waals surface area (Å²) in [6, 6.07) is 7.99. The van der Waals surface area contributed by atoms with E-state index in [1.165, 1.54) is 19.4 Å². The van der Waals surface area contributed by atoms with E-state index in [0.29, 0.717) is 6.61 Å². The molecular formula is C18H22O6. The van der Waals surface area contributed by atoms with Crippen LogP contribution < -0.4 is 0 Å². The second-order valence-electron chi connectivity index (χ2n) is 5.60. The molecule has 0 fully saturated rings. The highest BCUT2D eigenvalue weighted by atomic mass is 16.7. The molecule has 6 heteroatoms. The first-order chi connectivity index (χ1) is 11.4. The highest BCUT2D eigenvalue weighted by Gasteiger charge is 2.31. The van der Waals surface area contributed by atoms with Crippen molar-refractivity contribution in [1.29, 1.82) is 0 Å². The van der Waals surface area contributed by atoms with E-state index in [2.05, 4.69) is 0 Å². The van der Waals surface area contributed by atoms with Gasteiger partial charge in [0, 0.05) is 13.8 Å². The van der Waals surface area contributed by atoms with Gasteiger partial charge in [0.25, 0.3) is 0 Å². The van der Waals surface area contributed by atoms with Crippen molar-refractivity contribution in [3.8, 4) is 0 Å². The monoisotopic (exact) mass is 334 g/mol. The summed E-state index contributed by atoms with van der Waals surface area (Å²) in [6.07, 6.45) is 1.57. The van der Waals surface area contributed by atoms with Crippen molar-refractivity contribution in [2.45, 2.75) is 45.9 Å². The van der Waals surface area contributed by atoms with Gasteiger partial charge in [0.15, 0.2) is 6.29 Å². The van der Waals surface area contributed by atoms with Gasteiger partial charge in [-0.3, -0.25) is 9.59 Å². The summed E-state index contributed by atoms with van der Waals surface area (Å²) < 4.78 is 21.6. The Morgan fingerprint density at radius 2 is 1.79 bits per heavy atom. The fourth-order valence-corrected chi connectivity index (χ4v) is 2.22. The normalized spacial score (nSPS) is 22.9. The van der Waals surface area contributed by atoms with Gasteiger partial charge in [-0.25, -0.2) is 0 Å². The summed E-state index contributed by atoms with van der Waals surface area (Å²) >= 11 is 0. The molecule has 0 unspecified atom stereocenters. The van der Waals surface area contributed by atoms with Crippen molar-refractivity contribution >= 4 is 11.9 Å². The highest BCUT2D eigenvalue weighted by Crippen LogP contribution is 2.19. The third-order valence-corrected chi connectivity index (χ3v) is 3.42. The van der Waals surface area contributed by atoms with Gasteiger partial charge in [0.2, 0.25) is 0 Å². The summed E-state index contributed by atoms with van der Waals surface area (Å²) in [5, 5.41) is 0. The third-order valence-electron chi connectivity index (χ3n) is 3.42. The van der Waals surface area contributed by atoms with E-state index in [0.717, 1.165) is 5.56 Å². The molecule has 1 aromatic carbocycles. The van der Waals surface area contributed by atoms with Gasteiger partial charge in [-0.1, -0.05) is 29.8 Å². The lowest BCUT2D eigenvalue weighted by Crippen LogP contribution is -2.42. The van der Waals surface area contributed by atoms with E-state index >= 15 is 0 Å². The van der Waals surface area contributed by atoms with Crippen LogP contribution in [0.1, 0.15) is 25.0 Å². The average Bonchev–Trinajstić information content (AvgIpc) is 2.53. The highest BCUT2D eigenvalue weighted by molar-refractivity contribution is 5.66. The van der Waals surface area contributed by atoms with Crippen LogP contribution in [0.15, 0.2) is 36.4 Å². The quantitative estimate of drug-likeness (QED) is 0.587. The van der Waals surface area contributed by atoms with Crippen molar-refractivity contribution < 1.29 is 28.5 Å². The van der Waals surface area contributed by atoms with Crippen molar-refractivity contribution in [3.63, 3.8) is 0 Å². The van der Waals surface area contributed by atoms with Gasteiger partial charge in [-0.05, 0) is 24.6 Å². The Labute approximate surface area is 141 Å². The standard InChI is InChI=1S/C18H22O6/c1-12-4-6-15(7-5-12)10-22-18-9-8-16(23-14(3)20)17(24-18)11-21-13(2)19/h4-9,16-18H,10-11H2,1-3H3/t16-,17+,18-/m0/s1. The Kier molecular flexibility index (Phi) is 6.52. The maximum Gasteiger partial charge on any atom is 0.303 e. The zero-order valence-electron chi connectivity index (χ0n) is 14.1. The van der Waals surface area contributed by atoms with Gasteiger partial charge in [0.05, 0.1) is 6.61 Å². The molecule has 0 saturated carbocycles. The molecule has 1 aliphatic rings. The zero-order chi connectivity index (χ0) is 17.5. The van der Waals surface area contributed by atoms with Gasteiger partial charge < -0.3 is 18.9 Å². The lowest BCUT2D eigenvalue weighted by Gasteiger charge is -2.31. The topological polar surface area (TPSA) is 71.1 Å². The van der Waals surface area contributed by atoms with Crippen LogP contribution >= 0.6 is 0 Å². The molecule has 1 aromatic rings. The first kappa shape index (κ1) is 18.2. The molecule has 1 heterocycles. The lowest BCUT2D eigenvalue weighted by molar-refractivity contribution is -0.200. The predicted molar refractivity (Wildman–Crippen MR) is 86.0 cm³/mol. The van der Waals surface area contributed by atoms with Gasteiger partial charge in [-0.15, -0.1) is 0 Å². The maximum atomic E-state index is 11.2. The van der Waals surface area contributed by atoms with E-state index in [9.17, 15) is 9.59 Å². The molecule has 6 nitrogen and oxygen atoms in total. The molecule has 0 amide bonds. The van der Waals surface area contributed by atoms with Crippen LogP contribution in [-0.2, 0) is 35.1 Å². The Balaban J connectivity index is 1.94. The number of esters is 2. The Hall–Kier alpha value is -2.18. The largest absolute Gasteiger partial charge is 0.463 e. The minimum atomic E-state index is -0.610. The lowest BCUT2D eigenvalue weighted by atomic mass is 10.1. The number of rotatable bonds is 6. The average molecular weight is 334 g/mol. The summed E-state index contributed by atoms with van der Waals surface area (Å²) in [5.41, 5.74) is 2.20. The molecule has 1 aliphatic heterocycles. The van der Waals surface area contributed by atoms with Crippen LogP contribution in [0.25, 0.3) is 0 Å². The summed E-state index contributed by atoms with van der Waals surface area (Å²) in [6.45, 7) is 5.02. The Morgan fingerprint density at radius 3 is 2.42 bits per heavy atom. The van der Waals surface area contributed by atoms with Gasteiger partial charge >= 0.3 is 11.9 Å². The van der Waals surface area contributed by atoms with Crippen molar-refractivity contribution in [2.75, 3.05) is 6.61 Å². The fourth-order valence-electron chi connectivity index (χ4n) is 2.22. The van der Waals surface area contributed by atoms with Crippen LogP contribution in [0.2, 0.25) is 0 Å². The van der Waals surface area contributed by atoms with Crippen LogP contribution in [0.4, 0.5) is 0 Å². The molecule has 0 aliphatic carbocycles. The zero-order valence-corrected chi connectivity index (χ0v) is 14.1. The number of carbonyl (C=O) groups excluding carboxylic acids is 2. The molecular weight excluding hydrogens is 312 g/mol. The number of benzene rings is 1. The predicted octanol–water partition coefficient (Wildman–Crippen LogP) is 2.29. The molecule has 0 N–H and O–H groups in total. The van der Waals surface area contributed by atoms with Crippen LogP contribution in [0.3, 0.4) is 0 Å². The summed E-state index contributed by atoms with van der Waals surface area (Å²) in [4.78, 5) is 22.2. The first-order valence-corrected chi connectivity index (χ1v) is 7.75. The van der Waals surface area contributed by atoms with Crippen LogP contribution in [-0.4, -0.2) is 37.0 Å². The molecule has 24 heavy (non-hydrogen) atoms. The number of hydrogen-bond donors (Lipinski definition) is 0. The Morgan fingerprint density at radius 1 is 1.08 bits per heavy atom. The number of carbonyl (C=O) groups is 2. The van der Waals surface area contributed by atoms with Crippen molar-refractivity contribution in [3.05, 3.63) is 47.5 Å². The number of ether oxygens (including phenoxy) is 4. The van der Waals surface area contributed by atoms with E-state index in [1.54, 1.807) is 12.2 Å². The van der Waals surface area contributed by atoms with E-state index in [-0.39, 0.29) is 6.61 Å². The second-order valence-corrected chi connectivity index (χ2v) is 5.60. The Bertz CT molecular complexity index is 592. The summed E-state index contributed by atoms with van der Waals surface area (Å²) in [5.74, 6) is -0.855. The molecule has 0 saturated heterocycles. The minimum Gasteiger partial charge on any atom is -0.463 e. The van der Waals surface area contributed by atoms with Crippen molar-refractivity contribution in [2.24, 2.45) is 0 Å². The number of aryl methyl sites for hydroxylation is 1. The van der Waals surface area contributed by atoms with Crippen LogP contribution in [0.5, 0.6) is 0 Å². The fraction of sp³-hybridized carbons (Fsp3) is 0.444.